The predicted molar refractivity (Wildman–Crippen MR) is 154 cm³/mol. The molecule has 206 valence electrons. The largest absolute Gasteiger partial charge is 0.495 e. The Morgan fingerprint density at radius 2 is 1.77 bits per heavy atom. The molecule has 1 aliphatic rings. The minimum atomic E-state index is -0.356. The van der Waals surface area contributed by atoms with Gasteiger partial charge in [-0.1, -0.05) is 23.7 Å². The minimum absolute atomic E-state index is 0.00241. The molecule has 1 N–H and O–H groups in total. The van der Waals surface area contributed by atoms with Crippen LogP contribution in [0.2, 0.25) is 5.02 Å². The summed E-state index contributed by atoms with van der Waals surface area (Å²) in [5.41, 5.74) is 2.09. The van der Waals surface area contributed by atoms with E-state index < -0.39 is 0 Å². The number of piperazine rings is 1. The van der Waals surface area contributed by atoms with Crippen LogP contribution in [0.5, 0.6) is 5.75 Å². The normalized spacial score (nSPS) is 13.4. The number of rotatable bonds is 9. The summed E-state index contributed by atoms with van der Waals surface area (Å²) in [4.78, 5) is 48.6. The van der Waals surface area contributed by atoms with E-state index in [1.165, 1.54) is 16.2 Å². The van der Waals surface area contributed by atoms with Crippen LogP contribution in [0.25, 0.3) is 0 Å². The minimum Gasteiger partial charge on any atom is -0.495 e. The van der Waals surface area contributed by atoms with Crippen LogP contribution in [0.15, 0.2) is 53.9 Å². The van der Waals surface area contributed by atoms with E-state index in [-0.39, 0.29) is 36.7 Å². The smallest absolute Gasteiger partial charge is 0.254 e. The van der Waals surface area contributed by atoms with Crippen molar-refractivity contribution < 1.29 is 19.1 Å². The van der Waals surface area contributed by atoms with Gasteiger partial charge in [-0.15, -0.1) is 11.3 Å². The zero-order chi connectivity index (χ0) is 27.9. The fourth-order valence-corrected chi connectivity index (χ4v) is 5.21. The Balaban J connectivity index is 1.28. The van der Waals surface area contributed by atoms with Gasteiger partial charge in [0.15, 0.2) is 5.13 Å². The van der Waals surface area contributed by atoms with Gasteiger partial charge in [-0.3, -0.25) is 14.4 Å². The van der Waals surface area contributed by atoms with Crippen LogP contribution in [-0.4, -0.2) is 78.4 Å². The first-order valence-corrected chi connectivity index (χ1v) is 14.0. The van der Waals surface area contributed by atoms with Crippen molar-refractivity contribution in [3.8, 4) is 5.75 Å². The summed E-state index contributed by atoms with van der Waals surface area (Å²) in [7, 11) is 1.66. The molecule has 0 bridgehead atoms. The second kappa shape index (κ2) is 12.9. The number of carbonyl (C=O) groups is 3. The number of hydrogen-bond acceptors (Lipinski definition) is 7. The molecule has 3 amide bonds. The number of nitrogens with zero attached hydrogens (tertiary/aromatic N) is 4. The summed E-state index contributed by atoms with van der Waals surface area (Å²) < 4.78 is 5.47. The van der Waals surface area contributed by atoms with Crippen molar-refractivity contribution in [2.24, 2.45) is 0 Å². The van der Waals surface area contributed by atoms with Crippen LogP contribution in [0.4, 0.5) is 10.8 Å². The number of thiazole rings is 1. The number of anilines is 2. The maximum Gasteiger partial charge on any atom is 0.254 e. The van der Waals surface area contributed by atoms with Crippen LogP contribution >= 0.6 is 22.9 Å². The molecular weight excluding hydrogens is 538 g/mol. The van der Waals surface area contributed by atoms with E-state index in [9.17, 15) is 14.4 Å². The molecule has 0 saturated carbocycles. The van der Waals surface area contributed by atoms with Gasteiger partial charge in [0.1, 0.15) is 12.3 Å². The second-order valence-corrected chi connectivity index (χ2v) is 10.7. The highest BCUT2D eigenvalue weighted by atomic mass is 35.5. The van der Waals surface area contributed by atoms with E-state index in [1.54, 1.807) is 36.8 Å². The number of aromatic nitrogens is 1. The van der Waals surface area contributed by atoms with E-state index in [1.807, 2.05) is 43.0 Å². The fourth-order valence-electron chi connectivity index (χ4n) is 4.36. The molecule has 0 spiro atoms. The number of ether oxygens (including phenoxy) is 1. The van der Waals surface area contributed by atoms with Crippen molar-refractivity contribution in [1.82, 2.24) is 14.8 Å². The van der Waals surface area contributed by atoms with Gasteiger partial charge in [-0.25, -0.2) is 4.98 Å². The van der Waals surface area contributed by atoms with E-state index in [4.69, 9.17) is 16.3 Å². The van der Waals surface area contributed by atoms with Crippen molar-refractivity contribution in [3.63, 3.8) is 0 Å². The van der Waals surface area contributed by atoms with Gasteiger partial charge in [-0.05, 0) is 50.2 Å². The molecular formula is C28H32ClN5O4S. The lowest BCUT2D eigenvalue weighted by Crippen LogP contribution is -2.49. The molecule has 4 rings (SSSR count). The van der Waals surface area contributed by atoms with Crippen LogP contribution < -0.4 is 15.0 Å². The van der Waals surface area contributed by atoms with E-state index >= 15 is 0 Å². The lowest BCUT2D eigenvalue weighted by molar-refractivity contribution is -0.130. The molecule has 1 fully saturated rings. The van der Waals surface area contributed by atoms with E-state index in [0.717, 1.165) is 11.4 Å². The molecule has 0 aliphatic carbocycles. The van der Waals surface area contributed by atoms with E-state index in [2.05, 4.69) is 15.2 Å². The van der Waals surface area contributed by atoms with Crippen LogP contribution in [-0.2, 0) is 16.0 Å². The molecule has 1 aliphatic heterocycles. The lowest BCUT2D eigenvalue weighted by Gasteiger charge is -2.36. The Morgan fingerprint density at radius 1 is 1.08 bits per heavy atom. The summed E-state index contributed by atoms with van der Waals surface area (Å²) in [5, 5.41) is 5.47. The first kappa shape index (κ1) is 28.4. The van der Waals surface area contributed by atoms with Gasteiger partial charge >= 0.3 is 0 Å². The molecule has 3 aromatic rings. The number of hydrogen-bond donors (Lipinski definition) is 1. The summed E-state index contributed by atoms with van der Waals surface area (Å²) >= 11 is 7.18. The number of halogens is 1. The van der Waals surface area contributed by atoms with Crippen molar-refractivity contribution in [1.29, 1.82) is 0 Å². The number of benzene rings is 2. The quantitative estimate of drug-likeness (QED) is 0.415. The Kier molecular flexibility index (Phi) is 9.42. The maximum atomic E-state index is 12.9. The molecule has 39 heavy (non-hydrogen) atoms. The van der Waals surface area contributed by atoms with Gasteiger partial charge in [0.05, 0.1) is 24.9 Å². The zero-order valence-corrected chi connectivity index (χ0v) is 23.8. The molecule has 9 nitrogen and oxygen atoms in total. The zero-order valence-electron chi connectivity index (χ0n) is 22.2. The number of carbonyl (C=O) groups excluding carboxylic acids is 3. The van der Waals surface area contributed by atoms with Crippen LogP contribution in [0.1, 0.15) is 29.9 Å². The molecule has 0 radical (unpaired) electrons. The van der Waals surface area contributed by atoms with Crippen molar-refractivity contribution in [2.45, 2.75) is 26.3 Å². The van der Waals surface area contributed by atoms with Crippen molar-refractivity contribution >= 4 is 51.5 Å². The monoisotopic (exact) mass is 569 g/mol. The van der Waals surface area contributed by atoms with Gasteiger partial charge in [0.2, 0.25) is 11.8 Å². The number of para-hydroxylation sites is 2. The third-order valence-electron chi connectivity index (χ3n) is 6.48. The summed E-state index contributed by atoms with van der Waals surface area (Å²) in [5.74, 6) is 0.205. The predicted octanol–water partition coefficient (Wildman–Crippen LogP) is 4.19. The first-order chi connectivity index (χ1) is 18.7. The fraction of sp³-hybridized carbons (Fsp3) is 0.357. The number of nitrogens with one attached hydrogen (secondary N) is 1. The van der Waals surface area contributed by atoms with Crippen LogP contribution in [0, 0.1) is 0 Å². The van der Waals surface area contributed by atoms with Gasteiger partial charge < -0.3 is 24.8 Å². The molecule has 1 saturated heterocycles. The Morgan fingerprint density at radius 3 is 2.44 bits per heavy atom. The lowest BCUT2D eigenvalue weighted by atomic mass is 10.1. The highest BCUT2D eigenvalue weighted by Gasteiger charge is 2.25. The summed E-state index contributed by atoms with van der Waals surface area (Å²) in [6.07, 6.45) is 0.161. The van der Waals surface area contributed by atoms with Gasteiger partial charge in [0, 0.05) is 48.2 Å². The highest BCUT2D eigenvalue weighted by molar-refractivity contribution is 7.13. The topological polar surface area (TPSA) is 95.1 Å². The molecule has 11 heteroatoms. The Labute approximate surface area is 237 Å². The molecule has 0 atom stereocenters. The van der Waals surface area contributed by atoms with E-state index in [0.29, 0.717) is 47.6 Å². The standard InChI is InChI=1S/C28H32ClN5O4S/c1-19(2)34(27(37)20-8-10-21(29)11-9-20)17-25(35)31-28-30-22(18-39-28)16-26(36)33-14-12-32(13-15-33)23-6-4-5-7-24(23)38-3/h4-11,18-19H,12-17H2,1-3H3,(H,30,31,35). The molecule has 1 aromatic heterocycles. The molecule has 2 aromatic carbocycles. The van der Waals surface area contributed by atoms with Gasteiger partial charge in [0.25, 0.3) is 5.91 Å². The summed E-state index contributed by atoms with van der Waals surface area (Å²) in [6, 6.07) is 14.3. The first-order valence-electron chi connectivity index (χ1n) is 12.7. The molecule has 2 heterocycles. The van der Waals surface area contributed by atoms with Crippen LogP contribution in [0.3, 0.4) is 0 Å². The average Bonchev–Trinajstić information content (AvgIpc) is 3.37. The Bertz CT molecular complexity index is 1310. The molecule has 0 unspecified atom stereocenters. The van der Waals surface area contributed by atoms with Gasteiger partial charge in [-0.2, -0.15) is 0 Å². The number of amides is 3. The highest BCUT2D eigenvalue weighted by Crippen LogP contribution is 2.28. The maximum absolute atomic E-state index is 12.9. The van der Waals surface area contributed by atoms with Crippen molar-refractivity contribution in [3.05, 3.63) is 70.2 Å². The average molecular weight is 570 g/mol. The summed E-state index contributed by atoms with van der Waals surface area (Å²) in [6.45, 7) is 6.23. The van der Waals surface area contributed by atoms with Crippen molar-refractivity contribution in [2.75, 3.05) is 50.1 Å². The second-order valence-electron chi connectivity index (χ2n) is 9.44. The SMILES string of the molecule is COc1ccccc1N1CCN(C(=O)Cc2csc(NC(=O)CN(C(=O)c3ccc(Cl)cc3)C(C)C)n2)CC1. The third-order valence-corrected chi connectivity index (χ3v) is 7.54. The Hall–Kier alpha value is -3.63. The number of methoxy groups -OCH3 is 1. The third kappa shape index (κ3) is 7.27.